The van der Waals surface area contributed by atoms with Gasteiger partial charge in [0.25, 0.3) is 5.91 Å². The topological polar surface area (TPSA) is 73.2 Å². The lowest BCUT2D eigenvalue weighted by Crippen LogP contribution is -2.25. The highest BCUT2D eigenvalue weighted by atomic mass is 35.5. The van der Waals surface area contributed by atoms with Gasteiger partial charge in [-0.3, -0.25) is 9.48 Å². The zero-order valence-electron chi connectivity index (χ0n) is 17.7. The van der Waals surface area contributed by atoms with Gasteiger partial charge in [-0.1, -0.05) is 29.3 Å². The highest BCUT2D eigenvalue weighted by Crippen LogP contribution is 2.35. The van der Waals surface area contributed by atoms with Gasteiger partial charge in [0.15, 0.2) is 0 Å². The standard InChI is InChI=1S/C21H26ClN3O3S/c1-12(2)8-9-13(3)15-11-29-19(16(15)20(27)28-21(4,5)6)24-18(26)14-10-23-25(7)17(14)22/h8-11H,1-7H3,(H,24,26). The summed E-state index contributed by atoms with van der Waals surface area (Å²) in [6.07, 6.45) is 5.30. The fourth-order valence-corrected chi connectivity index (χ4v) is 3.58. The molecule has 1 N–H and O–H groups in total. The molecule has 8 heteroatoms. The lowest BCUT2D eigenvalue weighted by molar-refractivity contribution is 0.00709. The van der Waals surface area contributed by atoms with Gasteiger partial charge in [-0.15, -0.1) is 11.3 Å². The van der Waals surface area contributed by atoms with Crippen molar-refractivity contribution < 1.29 is 14.3 Å². The van der Waals surface area contributed by atoms with Gasteiger partial charge in [-0.25, -0.2) is 4.79 Å². The quantitative estimate of drug-likeness (QED) is 0.482. The Hall–Kier alpha value is -2.38. The Labute approximate surface area is 180 Å². The van der Waals surface area contributed by atoms with E-state index in [1.54, 1.807) is 27.8 Å². The summed E-state index contributed by atoms with van der Waals surface area (Å²) in [5.41, 5.74) is 2.64. The number of thiophene rings is 1. The number of carbonyl (C=O) groups is 2. The smallest absolute Gasteiger partial charge is 0.342 e. The molecule has 0 saturated carbocycles. The molecule has 0 aliphatic carbocycles. The number of hydrogen-bond donors (Lipinski definition) is 1. The maximum absolute atomic E-state index is 12.9. The van der Waals surface area contributed by atoms with Crippen LogP contribution in [-0.2, 0) is 11.8 Å². The van der Waals surface area contributed by atoms with Crippen molar-refractivity contribution >= 4 is 45.4 Å². The van der Waals surface area contributed by atoms with E-state index in [1.165, 1.54) is 22.2 Å². The molecule has 1 amide bonds. The van der Waals surface area contributed by atoms with Crippen LogP contribution in [0.15, 0.2) is 29.3 Å². The van der Waals surface area contributed by atoms with Gasteiger partial charge in [-0.05, 0) is 47.1 Å². The maximum atomic E-state index is 12.9. The lowest BCUT2D eigenvalue weighted by atomic mass is 10.0. The Morgan fingerprint density at radius 2 is 1.86 bits per heavy atom. The van der Waals surface area contributed by atoms with Crippen LogP contribution in [0.5, 0.6) is 0 Å². The second kappa shape index (κ2) is 8.97. The summed E-state index contributed by atoms with van der Waals surface area (Å²) in [7, 11) is 1.64. The molecule has 0 spiro atoms. The van der Waals surface area contributed by atoms with Gasteiger partial charge in [0.05, 0.1) is 11.8 Å². The minimum absolute atomic E-state index is 0.220. The van der Waals surface area contributed by atoms with Crippen LogP contribution in [0.25, 0.3) is 5.57 Å². The second-order valence-corrected chi connectivity index (χ2v) is 9.11. The molecule has 6 nitrogen and oxygen atoms in total. The SMILES string of the molecule is CC(C)=CC=C(C)c1csc(NC(=O)c2cnn(C)c2Cl)c1C(=O)OC(C)(C)C. The molecule has 0 aliphatic heterocycles. The van der Waals surface area contributed by atoms with Gasteiger partial charge < -0.3 is 10.1 Å². The van der Waals surface area contributed by atoms with E-state index in [9.17, 15) is 9.59 Å². The lowest BCUT2D eigenvalue weighted by Gasteiger charge is -2.20. The zero-order valence-corrected chi connectivity index (χ0v) is 19.3. The van der Waals surface area contributed by atoms with E-state index in [2.05, 4.69) is 10.4 Å². The molecular formula is C21H26ClN3O3S. The van der Waals surface area contributed by atoms with Crippen molar-refractivity contribution in [2.75, 3.05) is 5.32 Å². The summed E-state index contributed by atoms with van der Waals surface area (Å²) in [6.45, 7) is 11.3. The first-order valence-corrected chi connectivity index (χ1v) is 10.3. The third-order valence-electron chi connectivity index (χ3n) is 3.82. The largest absolute Gasteiger partial charge is 0.456 e. The molecule has 0 unspecified atom stereocenters. The van der Waals surface area contributed by atoms with Crippen molar-refractivity contribution in [3.05, 3.63) is 51.1 Å². The van der Waals surface area contributed by atoms with Gasteiger partial charge in [0, 0.05) is 18.0 Å². The van der Waals surface area contributed by atoms with Crippen molar-refractivity contribution in [1.82, 2.24) is 9.78 Å². The highest BCUT2D eigenvalue weighted by molar-refractivity contribution is 7.15. The number of aryl methyl sites for hydroxylation is 1. The zero-order chi connectivity index (χ0) is 21.9. The van der Waals surface area contributed by atoms with Crippen LogP contribution in [0, 0.1) is 0 Å². The van der Waals surface area contributed by atoms with E-state index in [0.29, 0.717) is 16.1 Å². The van der Waals surface area contributed by atoms with Gasteiger partial charge >= 0.3 is 5.97 Å². The van der Waals surface area contributed by atoms with Crippen molar-refractivity contribution in [1.29, 1.82) is 0 Å². The number of esters is 1. The molecule has 156 valence electrons. The van der Waals surface area contributed by atoms with E-state index >= 15 is 0 Å². The molecule has 2 aromatic heterocycles. The molecule has 0 radical (unpaired) electrons. The predicted molar refractivity (Wildman–Crippen MR) is 119 cm³/mol. The van der Waals surface area contributed by atoms with Gasteiger partial charge in [0.2, 0.25) is 0 Å². The van der Waals surface area contributed by atoms with Crippen molar-refractivity contribution in [2.24, 2.45) is 7.05 Å². The Morgan fingerprint density at radius 3 is 2.38 bits per heavy atom. The first-order valence-electron chi connectivity index (χ1n) is 9.06. The summed E-state index contributed by atoms with van der Waals surface area (Å²) in [5, 5.41) is 9.23. The summed E-state index contributed by atoms with van der Waals surface area (Å²) in [5.74, 6) is -0.932. The molecular weight excluding hydrogens is 410 g/mol. The van der Waals surface area contributed by atoms with E-state index < -0.39 is 17.5 Å². The molecule has 0 fully saturated rings. The van der Waals surface area contributed by atoms with Crippen molar-refractivity contribution in [3.63, 3.8) is 0 Å². The van der Waals surface area contributed by atoms with E-state index in [4.69, 9.17) is 16.3 Å². The molecule has 2 rings (SSSR count). The third kappa shape index (κ3) is 5.81. The average molecular weight is 436 g/mol. The summed E-state index contributed by atoms with van der Waals surface area (Å²) < 4.78 is 6.99. The van der Waals surface area contributed by atoms with E-state index in [1.807, 2.05) is 38.3 Å². The Kier molecular flexibility index (Phi) is 7.08. The average Bonchev–Trinajstić information content (AvgIpc) is 3.15. The normalized spacial score (nSPS) is 11.9. The number of allylic oxidation sites excluding steroid dienone is 4. The molecule has 0 saturated heterocycles. The number of anilines is 1. The monoisotopic (exact) mass is 435 g/mol. The Balaban J connectivity index is 2.47. The molecule has 0 atom stereocenters. The number of amides is 1. The van der Waals surface area contributed by atoms with Crippen LogP contribution in [0.4, 0.5) is 5.00 Å². The minimum atomic E-state index is -0.665. The van der Waals surface area contributed by atoms with Crippen LogP contribution >= 0.6 is 22.9 Å². The van der Waals surface area contributed by atoms with Crippen molar-refractivity contribution in [2.45, 2.75) is 47.1 Å². The fourth-order valence-electron chi connectivity index (χ4n) is 2.40. The van der Waals surface area contributed by atoms with Crippen LogP contribution in [-0.4, -0.2) is 27.3 Å². The van der Waals surface area contributed by atoms with Crippen LogP contribution in [0.3, 0.4) is 0 Å². The Bertz CT molecular complexity index is 989. The number of nitrogens with zero attached hydrogens (tertiary/aromatic N) is 2. The molecule has 2 heterocycles. The first kappa shape index (κ1) is 22.9. The van der Waals surface area contributed by atoms with Crippen LogP contribution < -0.4 is 5.32 Å². The fraction of sp³-hybridized carbons (Fsp3) is 0.381. The second-order valence-electron chi connectivity index (χ2n) is 7.88. The van der Waals surface area contributed by atoms with Gasteiger partial charge in [-0.2, -0.15) is 5.10 Å². The number of nitrogens with one attached hydrogen (secondary N) is 1. The number of halogens is 1. The summed E-state index contributed by atoms with van der Waals surface area (Å²) in [4.78, 5) is 25.6. The number of aromatic nitrogens is 2. The van der Waals surface area contributed by atoms with Crippen LogP contribution in [0.1, 0.15) is 67.8 Å². The summed E-state index contributed by atoms with van der Waals surface area (Å²) >= 11 is 7.39. The Morgan fingerprint density at radius 1 is 1.21 bits per heavy atom. The number of rotatable bonds is 5. The predicted octanol–water partition coefficient (Wildman–Crippen LogP) is 5.71. The molecule has 0 aliphatic rings. The molecule has 0 bridgehead atoms. The summed E-state index contributed by atoms with van der Waals surface area (Å²) in [6, 6.07) is 0. The molecule has 29 heavy (non-hydrogen) atoms. The minimum Gasteiger partial charge on any atom is -0.456 e. The molecule has 2 aromatic rings. The van der Waals surface area contributed by atoms with Gasteiger partial charge in [0.1, 0.15) is 21.3 Å². The van der Waals surface area contributed by atoms with Crippen LogP contribution in [0.2, 0.25) is 5.15 Å². The van der Waals surface area contributed by atoms with E-state index in [-0.39, 0.29) is 10.7 Å². The first-order chi connectivity index (χ1) is 13.4. The van der Waals surface area contributed by atoms with E-state index in [0.717, 1.165) is 11.1 Å². The highest BCUT2D eigenvalue weighted by Gasteiger charge is 2.27. The molecule has 0 aromatic carbocycles. The number of carbonyl (C=O) groups excluding carboxylic acids is 2. The third-order valence-corrected chi connectivity index (χ3v) is 5.17. The maximum Gasteiger partial charge on any atom is 0.342 e. The number of ether oxygens (including phenoxy) is 1. The number of hydrogen-bond acceptors (Lipinski definition) is 5. The van der Waals surface area contributed by atoms with Crippen molar-refractivity contribution in [3.8, 4) is 0 Å².